The molecule has 0 bridgehead atoms. The lowest BCUT2D eigenvalue weighted by atomic mass is 10.1. The van der Waals surface area contributed by atoms with E-state index < -0.39 is 42.3 Å². The summed E-state index contributed by atoms with van der Waals surface area (Å²) in [7, 11) is 2.69. The van der Waals surface area contributed by atoms with Crippen molar-refractivity contribution < 1.29 is 43.2 Å². The average molecular weight is 485 g/mol. The van der Waals surface area contributed by atoms with Crippen LogP contribution < -0.4 is 5.32 Å². The Balaban J connectivity index is 3.11. The maximum atomic E-state index is 13.5. The number of benzene rings is 1. The zero-order valence-corrected chi connectivity index (χ0v) is 20.4. The molecule has 0 aliphatic carbocycles. The summed E-state index contributed by atoms with van der Waals surface area (Å²) in [5, 5.41) is 12.4. The van der Waals surface area contributed by atoms with Crippen molar-refractivity contribution in [2.24, 2.45) is 0 Å². The Morgan fingerprint density at radius 1 is 1.06 bits per heavy atom. The molecule has 2 atom stereocenters. The second-order valence-electron chi connectivity index (χ2n) is 8.26. The van der Waals surface area contributed by atoms with Gasteiger partial charge in [0.15, 0.2) is 6.04 Å². The highest BCUT2D eigenvalue weighted by Crippen LogP contribution is 2.13. The molecule has 0 spiro atoms. The van der Waals surface area contributed by atoms with Gasteiger partial charge in [-0.3, -0.25) is 4.79 Å². The molecule has 1 rings (SSSR count). The van der Waals surface area contributed by atoms with E-state index in [9.17, 15) is 19.5 Å². The zero-order valence-electron chi connectivity index (χ0n) is 20.4. The van der Waals surface area contributed by atoms with Gasteiger partial charge in [-0.05, 0) is 26.3 Å². The van der Waals surface area contributed by atoms with Crippen molar-refractivity contribution in [3.05, 3.63) is 35.9 Å². The van der Waals surface area contributed by atoms with E-state index in [1.807, 2.05) is 6.07 Å². The number of carbonyl (C=O) groups excluding carboxylic acids is 3. The van der Waals surface area contributed by atoms with E-state index in [1.54, 1.807) is 45.0 Å². The summed E-state index contributed by atoms with van der Waals surface area (Å²) in [6, 6.07) is 6.37. The van der Waals surface area contributed by atoms with Crippen LogP contribution >= 0.6 is 0 Å². The van der Waals surface area contributed by atoms with Crippen LogP contribution in [0.4, 0.5) is 4.79 Å². The predicted octanol–water partition coefficient (Wildman–Crippen LogP) is 1.08. The van der Waals surface area contributed by atoms with Crippen molar-refractivity contribution >= 4 is 18.0 Å². The summed E-state index contributed by atoms with van der Waals surface area (Å²) in [6.07, 6.45) is -0.840. The van der Waals surface area contributed by atoms with Gasteiger partial charge in [-0.25, -0.2) is 9.59 Å². The molecule has 0 heterocycles. The van der Waals surface area contributed by atoms with Gasteiger partial charge >= 0.3 is 12.1 Å². The number of esters is 1. The molecule has 0 saturated carbocycles. The van der Waals surface area contributed by atoms with Gasteiger partial charge in [-0.15, -0.1) is 0 Å². The highest BCUT2D eigenvalue weighted by Gasteiger charge is 2.36. The third-order valence-electron chi connectivity index (χ3n) is 4.37. The van der Waals surface area contributed by atoms with E-state index in [4.69, 9.17) is 23.7 Å². The summed E-state index contributed by atoms with van der Waals surface area (Å²) in [6.45, 7) is 4.59. The number of aliphatic hydroxyl groups is 1. The van der Waals surface area contributed by atoms with Crippen LogP contribution in [0.1, 0.15) is 26.3 Å². The smallest absolute Gasteiger partial charge is 0.408 e. The maximum Gasteiger partial charge on any atom is 0.408 e. The molecule has 0 aliphatic heterocycles. The van der Waals surface area contributed by atoms with Crippen LogP contribution in [0.2, 0.25) is 0 Å². The van der Waals surface area contributed by atoms with Crippen LogP contribution in [0, 0.1) is 0 Å². The molecule has 0 aromatic heterocycles. The topological polar surface area (TPSA) is 133 Å². The van der Waals surface area contributed by atoms with Crippen LogP contribution in [0.3, 0.4) is 0 Å². The van der Waals surface area contributed by atoms with Gasteiger partial charge in [-0.1, -0.05) is 30.3 Å². The van der Waals surface area contributed by atoms with Crippen molar-refractivity contribution in [2.45, 2.75) is 45.0 Å². The minimum Gasteiger partial charge on any atom is -0.467 e. The fourth-order valence-corrected chi connectivity index (χ4v) is 2.81. The molecule has 34 heavy (non-hydrogen) atoms. The Labute approximate surface area is 200 Å². The SMILES string of the molecule is COCCOCOC[C@@H](NC(=O)OC(C)(C)C)C(=O)N(Cc1ccccc1)[C@H](CO)C(=O)OC. The molecule has 0 unspecified atom stereocenters. The van der Waals surface area contributed by atoms with E-state index in [1.165, 1.54) is 7.11 Å². The Morgan fingerprint density at radius 2 is 1.74 bits per heavy atom. The molecule has 192 valence electrons. The first-order valence-corrected chi connectivity index (χ1v) is 10.8. The molecule has 0 radical (unpaired) electrons. The minimum atomic E-state index is -1.29. The molecule has 0 saturated heterocycles. The van der Waals surface area contributed by atoms with Crippen LogP contribution in [-0.2, 0) is 39.8 Å². The maximum absolute atomic E-state index is 13.5. The minimum absolute atomic E-state index is 0.0170. The fraction of sp³-hybridized carbons (Fsp3) is 0.609. The van der Waals surface area contributed by atoms with Crippen LogP contribution in [-0.4, -0.2) is 93.1 Å². The number of rotatable bonds is 14. The van der Waals surface area contributed by atoms with Gasteiger partial charge in [-0.2, -0.15) is 0 Å². The predicted molar refractivity (Wildman–Crippen MR) is 122 cm³/mol. The molecule has 0 aliphatic rings. The van der Waals surface area contributed by atoms with Crippen LogP contribution in [0.25, 0.3) is 0 Å². The third-order valence-corrected chi connectivity index (χ3v) is 4.37. The largest absolute Gasteiger partial charge is 0.467 e. The first-order valence-electron chi connectivity index (χ1n) is 10.8. The summed E-state index contributed by atoms with van der Waals surface area (Å²) < 4.78 is 25.6. The average Bonchev–Trinajstić information content (AvgIpc) is 2.79. The molecule has 11 nitrogen and oxygen atoms in total. The van der Waals surface area contributed by atoms with Crippen molar-refractivity contribution in [1.82, 2.24) is 10.2 Å². The van der Waals surface area contributed by atoms with Crippen molar-refractivity contribution in [3.63, 3.8) is 0 Å². The number of nitrogens with one attached hydrogen (secondary N) is 1. The van der Waals surface area contributed by atoms with Crippen molar-refractivity contribution in [3.8, 4) is 0 Å². The number of carbonyl (C=O) groups is 3. The quantitative estimate of drug-likeness (QED) is 0.226. The molecular weight excluding hydrogens is 448 g/mol. The summed E-state index contributed by atoms with van der Waals surface area (Å²) >= 11 is 0. The number of amides is 2. The van der Waals surface area contributed by atoms with Crippen molar-refractivity contribution in [2.75, 3.05) is 47.4 Å². The normalized spacial score (nSPS) is 13.0. The Kier molecular flexibility index (Phi) is 13.1. The van der Waals surface area contributed by atoms with E-state index in [0.29, 0.717) is 12.2 Å². The van der Waals surface area contributed by atoms with Crippen LogP contribution in [0.15, 0.2) is 30.3 Å². The lowest BCUT2D eigenvalue weighted by molar-refractivity contribution is -0.157. The molecule has 11 heteroatoms. The lowest BCUT2D eigenvalue weighted by Crippen LogP contribution is -2.56. The highest BCUT2D eigenvalue weighted by atomic mass is 16.7. The number of nitrogens with zero attached hydrogens (tertiary/aromatic N) is 1. The second-order valence-corrected chi connectivity index (χ2v) is 8.26. The number of aliphatic hydroxyl groups excluding tert-OH is 1. The Bertz CT molecular complexity index is 753. The van der Waals surface area contributed by atoms with Crippen molar-refractivity contribution in [1.29, 1.82) is 0 Å². The van der Waals surface area contributed by atoms with Crippen LogP contribution in [0.5, 0.6) is 0 Å². The number of methoxy groups -OCH3 is 2. The summed E-state index contributed by atoms with van der Waals surface area (Å²) in [4.78, 5) is 39.4. The number of ether oxygens (including phenoxy) is 5. The monoisotopic (exact) mass is 484 g/mol. The lowest BCUT2D eigenvalue weighted by Gasteiger charge is -2.32. The van der Waals surface area contributed by atoms with E-state index in [-0.39, 0.29) is 26.6 Å². The van der Waals surface area contributed by atoms with E-state index >= 15 is 0 Å². The number of hydrogen-bond donors (Lipinski definition) is 2. The van der Waals surface area contributed by atoms with Gasteiger partial charge in [0.05, 0.1) is 33.5 Å². The molecule has 2 N–H and O–H groups in total. The highest BCUT2D eigenvalue weighted by molar-refractivity contribution is 5.90. The Hall–Kier alpha value is -2.73. The number of alkyl carbamates (subject to hydrolysis) is 1. The standard InChI is InChI=1S/C23H36N2O9/c1-23(2,3)34-22(29)24-18(15-33-16-32-12-11-30-4)20(27)25(19(14-26)21(28)31-5)13-17-9-7-6-8-10-17/h6-10,18-19,26H,11-16H2,1-5H3,(H,24,29)/t18-,19-/m1/s1. The molecular formula is C23H36N2O9. The van der Waals surface area contributed by atoms with Gasteiger partial charge < -0.3 is 39.0 Å². The molecule has 0 fully saturated rings. The van der Waals surface area contributed by atoms with Gasteiger partial charge in [0.25, 0.3) is 0 Å². The fourth-order valence-electron chi connectivity index (χ4n) is 2.81. The van der Waals surface area contributed by atoms with Gasteiger partial charge in [0, 0.05) is 13.7 Å². The summed E-state index contributed by atoms with van der Waals surface area (Å²) in [5.41, 5.74) is -0.0939. The molecule has 1 aromatic rings. The first kappa shape index (κ1) is 29.3. The summed E-state index contributed by atoms with van der Waals surface area (Å²) in [5.74, 6) is -1.47. The Morgan fingerprint density at radius 3 is 2.29 bits per heavy atom. The van der Waals surface area contributed by atoms with E-state index in [0.717, 1.165) is 12.0 Å². The zero-order chi connectivity index (χ0) is 25.6. The van der Waals surface area contributed by atoms with Gasteiger partial charge in [0.2, 0.25) is 5.91 Å². The molecule has 2 amide bonds. The second kappa shape index (κ2) is 15.2. The van der Waals surface area contributed by atoms with E-state index in [2.05, 4.69) is 5.32 Å². The number of hydrogen-bond acceptors (Lipinski definition) is 9. The van der Waals surface area contributed by atoms with Gasteiger partial charge in [0.1, 0.15) is 18.4 Å². The first-order chi connectivity index (χ1) is 16.1. The third kappa shape index (κ3) is 10.9. The molecule has 1 aromatic carbocycles.